The van der Waals surface area contributed by atoms with Crippen LogP contribution in [0, 0.1) is 46.3 Å². The average molecular weight is 450 g/mol. The van der Waals surface area contributed by atoms with Gasteiger partial charge in [0.15, 0.2) is 0 Å². The molecule has 11 atom stereocenters. The van der Waals surface area contributed by atoms with Gasteiger partial charge in [-0.2, -0.15) is 0 Å². The Bertz CT molecular complexity index is 746. The molecule has 0 aromatic heterocycles. The van der Waals surface area contributed by atoms with Gasteiger partial charge in [-0.05, 0) is 98.2 Å². The van der Waals surface area contributed by atoms with Gasteiger partial charge in [-0.15, -0.1) is 12.4 Å². The molecule has 1 spiro atoms. The smallest absolute Gasteiger partial charge is 0.122 e. The summed E-state index contributed by atoms with van der Waals surface area (Å²) in [6.07, 6.45) is 13.8. The van der Waals surface area contributed by atoms with E-state index in [0.29, 0.717) is 22.9 Å². The normalized spacial score (nSPS) is 57.9. The Hall–Kier alpha value is -0.0900. The highest BCUT2D eigenvalue weighted by atomic mass is 35.5. The average Bonchev–Trinajstić information content (AvgIpc) is 3.16. The molecule has 4 aliphatic carbocycles. The van der Waals surface area contributed by atoms with Gasteiger partial charge in [0, 0.05) is 12.5 Å². The molecule has 0 radical (unpaired) electrons. The van der Waals surface area contributed by atoms with Crippen molar-refractivity contribution in [2.75, 3.05) is 6.54 Å². The van der Waals surface area contributed by atoms with Gasteiger partial charge in [0.2, 0.25) is 0 Å². The molecule has 0 aromatic rings. The Morgan fingerprint density at radius 2 is 1.87 bits per heavy atom. The Labute approximate surface area is 195 Å². The number of hydrogen-bond donors (Lipinski definition) is 2. The summed E-state index contributed by atoms with van der Waals surface area (Å²) in [6.45, 7) is 11.2. The van der Waals surface area contributed by atoms with E-state index in [1.54, 1.807) is 5.57 Å². The number of nitrogens with one attached hydrogen (secondary N) is 1. The second kappa shape index (κ2) is 7.45. The summed E-state index contributed by atoms with van der Waals surface area (Å²) in [5.74, 6) is 4.58. The highest BCUT2D eigenvalue weighted by Gasteiger charge is 2.68. The summed E-state index contributed by atoms with van der Waals surface area (Å²) >= 11 is 0. The van der Waals surface area contributed by atoms with E-state index in [2.05, 4.69) is 39.1 Å². The highest BCUT2D eigenvalue weighted by molar-refractivity contribution is 5.85. The van der Waals surface area contributed by atoms with Crippen LogP contribution >= 0.6 is 12.4 Å². The van der Waals surface area contributed by atoms with Crippen molar-refractivity contribution in [3.8, 4) is 0 Å². The molecule has 4 heteroatoms. The molecule has 3 nitrogen and oxygen atoms in total. The van der Waals surface area contributed by atoms with Gasteiger partial charge >= 0.3 is 0 Å². The first-order valence-electron chi connectivity index (χ1n) is 13.1. The fraction of sp³-hybridized carbons (Fsp3) is 0.926. The molecular weight excluding hydrogens is 406 g/mol. The fourth-order valence-corrected chi connectivity index (χ4v) is 9.84. The third-order valence-corrected chi connectivity index (χ3v) is 11.6. The predicted octanol–water partition coefficient (Wildman–Crippen LogP) is 5.71. The van der Waals surface area contributed by atoms with E-state index < -0.39 is 0 Å². The molecule has 0 aromatic carbocycles. The maximum atomic E-state index is 10.3. The number of aliphatic hydroxyl groups is 1. The lowest BCUT2D eigenvalue weighted by Gasteiger charge is -2.58. The van der Waals surface area contributed by atoms with Crippen molar-refractivity contribution < 1.29 is 9.84 Å². The van der Waals surface area contributed by atoms with Crippen molar-refractivity contribution in [1.29, 1.82) is 0 Å². The minimum atomic E-state index is -0.100. The molecule has 0 bridgehead atoms. The van der Waals surface area contributed by atoms with Crippen molar-refractivity contribution in [3.05, 3.63) is 11.6 Å². The van der Waals surface area contributed by atoms with Crippen LogP contribution in [0.1, 0.15) is 85.5 Å². The molecular formula is C27H44ClNO2. The lowest BCUT2D eigenvalue weighted by atomic mass is 9.47. The number of fused-ring (bicyclic) bond motifs is 7. The second-order valence-electron chi connectivity index (χ2n) is 12.8. The van der Waals surface area contributed by atoms with Crippen LogP contribution in [0.5, 0.6) is 0 Å². The molecule has 2 heterocycles. The van der Waals surface area contributed by atoms with Crippen LogP contribution in [0.4, 0.5) is 0 Å². The molecule has 31 heavy (non-hydrogen) atoms. The van der Waals surface area contributed by atoms with Crippen LogP contribution in [-0.2, 0) is 4.74 Å². The number of halogens is 1. The first-order valence-corrected chi connectivity index (χ1v) is 13.1. The minimum absolute atomic E-state index is 0. The zero-order chi connectivity index (χ0) is 20.9. The van der Waals surface area contributed by atoms with Crippen LogP contribution < -0.4 is 5.32 Å². The van der Waals surface area contributed by atoms with Crippen molar-refractivity contribution in [2.24, 2.45) is 46.3 Å². The van der Waals surface area contributed by atoms with Crippen LogP contribution in [-0.4, -0.2) is 29.6 Å². The quantitative estimate of drug-likeness (QED) is 0.465. The van der Waals surface area contributed by atoms with E-state index in [1.807, 2.05) is 0 Å². The Morgan fingerprint density at radius 1 is 1.06 bits per heavy atom. The number of ether oxygens (including phenoxy) is 1. The number of allylic oxidation sites excluding steroid dienone is 1. The topological polar surface area (TPSA) is 41.5 Å². The van der Waals surface area contributed by atoms with Crippen LogP contribution in [0.15, 0.2) is 11.6 Å². The van der Waals surface area contributed by atoms with E-state index in [9.17, 15) is 5.11 Å². The number of rotatable bonds is 0. The van der Waals surface area contributed by atoms with Crippen molar-refractivity contribution in [1.82, 2.24) is 5.32 Å². The molecule has 6 aliphatic rings. The summed E-state index contributed by atoms with van der Waals surface area (Å²) in [4.78, 5) is 0. The van der Waals surface area contributed by atoms with Gasteiger partial charge in [-0.1, -0.05) is 39.3 Å². The molecule has 6 rings (SSSR count). The van der Waals surface area contributed by atoms with E-state index in [1.165, 1.54) is 44.9 Å². The number of hydrogen-bond acceptors (Lipinski definition) is 3. The largest absolute Gasteiger partial charge is 0.393 e. The van der Waals surface area contributed by atoms with Gasteiger partial charge in [-0.3, -0.25) is 5.32 Å². The first-order chi connectivity index (χ1) is 14.3. The molecule has 0 amide bonds. The van der Waals surface area contributed by atoms with E-state index in [-0.39, 0.29) is 24.2 Å². The maximum Gasteiger partial charge on any atom is 0.122 e. The summed E-state index contributed by atoms with van der Waals surface area (Å²) < 4.78 is 7.00. The van der Waals surface area contributed by atoms with Gasteiger partial charge < -0.3 is 9.84 Å². The van der Waals surface area contributed by atoms with Crippen LogP contribution in [0.25, 0.3) is 0 Å². The van der Waals surface area contributed by atoms with Crippen molar-refractivity contribution in [3.63, 3.8) is 0 Å². The van der Waals surface area contributed by atoms with Crippen LogP contribution in [0.3, 0.4) is 0 Å². The van der Waals surface area contributed by atoms with Crippen molar-refractivity contribution in [2.45, 2.75) is 103 Å². The summed E-state index contributed by atoms with van der Waals surface area (Å²) in [6, 6.07) is 0. The van der Waals surface area contributed by atoms with Gasteiger partial charge in [0.25, 0.3) is 0 Å². The standard InChI is InChI=1S/C27H43NO2.ClH/c1-16-7-12-27(28-15-16)17(2)24-23(30-27)14-22-20-6-5-18-13-19(29)8-10-25(18,3)21(20)9-11-26(22,24)4;/h5,16-17,19-24,28-29H,6-15H2,1-4H3;1H/t16-,17-,19-,20-,21-,22-,23-,24-,25-,26-,27-;/m0./s1. The third kappa shape index (κ3) is 3.01. The Morgan fingerprint density at radius 3 is 2.61 bits per heavy atom. The summed E-state index contributed by atoms with van der Waals surface area (Å²) in [5.41, 5.74) is 2.33. The molecule has 176 valence electrons. The molecule has 5 fully saturated rings. The molecule has 2 saturated heterocycles. The maximum absolute atomic E-state index is 10.3. The molecule has 2 N–H and O–H groups in total. The fourth-order valence-electron chi connectivity index (χ4n) is 9.84. The van der Waals surface area contributed by atoms with Gasteiger partial charge in [0.1, 0.15) is 5.72 Å². The van der Waals surface area contributed by atoms with E-state index in [4.69, 9.17) is 4.74 Å². The SMILES string of the molecule is C[C@H]1CC[C@]2(NC1)O[C@H]1C[C@H]3[C@H]4CC=C5C[C@@H](O)CC[C@]5(C)[C@H]4CC[C@]3(C)[C@H]1[C@@H]2C.Cl. The second-order valence-corrected chi connectivity index (χ2v) is 12.8. The summed E-state index contributed by atoms with van der Waals surface area (Å²) in [7, 11) is 0. The van der Waals surface area contributed by atoms with Gasteiger partial charge in [0.05, 0.1) is 12.2 Å². The highest BCUT2D eigenvalue weighted by Crippen LogP contribution is 2.70. The lowest BCUT2D eigenvalue weighted by Crippen LogP contribution is -2.57. The van der Waals surface area contributed by atoms with Crippen LogP contribution in [0.2, 0.25) is 0 Å². The number of piperidine rings is 1. The Balaban J connectivity index is 0.00000204. The zero-order valence-corrected chi connectivity index (χ0v) is 20.8. The summed E-state index contributed by atoms with van der Waals surface area (Å²) in [5, 5.41) is 14.1. The predicted molar refractivity (Wildman–Crippen MR) is 127 cm³/mol. The lowest BCUT2D eigenvalue weighted by molar-refractivity contribution is -0.115. The zero-order valence-electron chi connectivity index (χ0n) is 20.0. The van der Waals surface area contributed by atoms with Gasteiger partial charge in [-0.25, -0.2) is 0 Å². The Kier molecular flexibility index (Phi) is 5.46. The van der Waals surface area contributed by atoms with Crippen molar-refractivity contribution >= 4 is 12.4 Å². The monoisotopic (exact) mass is 449 g/mol. The first kappa shape index (κ1) is 22.7. The third-order valence-electron chi connectivity index (χ3n) is 11.6. The molecule has 3 saturated carbocycles. The number of aliphatic hydroxyl groups excluding tert-OH is 1. The molecule has 2 aliphatic heterocycles. The minimum Gasteiger partial charge on any atom is -0.393 e. The van der Waals surface area contributed by atoms with E-state index >= 15 is 0 Å². The molecule has 0 unspecified atom stereocenters. The van der Waals surface area contributed by atoms with E-state index in [0.717, 1.165) is 49.0 Å².